The fraction of sp³-hybridized carbons (Fsp3) is 0.556. The maximum Gasteiger partial charge on any atom is 0.143 e. The maximum absolute atomic E-state index is 5.32. The maximum atomic E-state index is 5.32. The van der Waals surface area contributed by atoms with Crippen molar-refractivity contribution in [2.45, 2.75) is 6.04 Å². The average molecular weight is 256 g/mol. The first-order valence-corrected chi connectivity index (χ1v) is 5.45. The SMILES string of the molecule is Brc1cncnc1NC1[C@H]2COC[C@@H]12. The van der Waals surface area contributed by atoms with Gasteiger partial charge in [-0.1, -0.05) is 0 Å². The summed E-state index contributed by atoms with van der Waals surface area (Å²) in [5, 5.41) is 3.41. The molecular formula is C9H10BrN3O. The molecule has 1 saturated carbocycles. The summed E-state index contributed by atoms with van der Waals surface area (Å²) in [6.07, 6.45) is 3.31. The van der Waals surface area contributed by atoms with E-state index in [1.54, 1.807) is 12.5 Å². The van der Waals surface area contributed by atoms with Crippen LogP contribution < -0.4 is 5.32 Å². The third-order valence-electron chi connectivity index (χ3n) is 2.92. The lowest BCUT2D eigenvalue weighted by Crippen LogP contribution is -2.13. The molecule has 3 rings (SSSR count). The monoisotopic (exact) mass is 255 g/mol. The molecule has 1 aromatic rings. The Labute approximate surface area is 90.2 Å². The van der Waals surface area contributed by atoms with Gasteiger partial charge >= 0.3 is 0 Å². The Morgan fingerprint density at radius 1 is 1.43 bits per heavy atom. The third-order valence-corrected chi connectivity index (χ3v) is 3.50. The van der Waals surface area contributed by atoms with Crippen LogP contribution in [0.5, 0.6) is 0 Å². The van der Waals surface area contributed by atoms with Gasteiger partial charge in [-0.25, -0.2) is 9.97 Å². The number of nitrogens with one attached hydrogen (secondary N) is 1. The van der Waals surface area contributed by atoms with Gasteiger partial charge in [0.05, 0.1) is 17.7 Å². The zero-order chi connectivity index (χ0) is 9.54. The van der Waals surface area contributed by atoms with Gasteiger partial charge in [-0.3, -0.25) is 0 Å². The van der Waals surface area contributed by atoms with Crippen molar-refractivity contribution in [1.82, 2.24) is 9.97 Å². The largest absolute Gasteiger partial charge is 0.381 e. The molecule has 74 valence electrons. The molecule has 0 spiro atoms. The summed E-state index contributed by atoms with van der Waals surface area (Å²) in [6, 6.07) is 0.551. The fourth-order valence-electron chi connectivity index (χ4n) is 2.03. The zero-order valence-corrected chi connectivity index (χ0v) is 9.07. The van der Waals surface area contributed by atoms with Crippen molar-refractivity contribution in [1.29, 1.82) is 0 Å². The van der Waals surface area contributed by atoms with Crippen LogP contribution >= 0.6 is 15.9 Å². The Morgan fingerprint density at radius 3 is 2.93 bits per heavy atom. The van der Waals surface area contributed by atoms with E-state index in [0.29, 0.717) is 17.9 Å². The van der Waals surface area contributed by atoms with Gasteiger partial charge in [-0.15, -0.1) is 0 Å². The zero-order valence-electron chi connectivity index (χ0n) is 7.48. The van der Waals surface area contributed by atoms with E-state index >= 15 is 0 Å². The van der Waals surface area contributed by atoms with Gasteiger partial charge in [-0.05, 0) is 15.9 Å². The summed E-state index contributed by atoms with van der Waals surface area (Å²) >= 11 is 3.41. The minimum absolute atomic E-state index is 0.551. The predicted octanol–water partition coefficient (Wildman–Crippen LogP) is 1.30. The molecule has 4 nitrogen and oxygen atoms in total. The normalized spacial score (nSPS) is 33.9. The van der Waals surface area contributed by atoms with Gasteiger partial charge in [0.25, 0.3) is 0 Å². The number of anilines is 1. The highest BCUT2D eigenvalue weighted by Crippen LogP contribution is 2.46. The van der Waals surface area contributed by atoms with Crippen molar-refractivity contribution in [2.24, 2.45) is 11.8 Å². The molecule has 2 aliphatic rings. The summed E-state index contributed by atoms with van der Waals surface area (Å²) < 4.78 is 6.24. The lowest BCUT2D eigenvalue weighted by molar-refractivity contribution is 0.162. The molecule has 1 aliphatic carbocycles. The summed E-state index contributed by atoms with van der Waals surface area (Å²) in [5.41, 5.74) is 0. The van der Waals surface area contributed by atoms with Gasteiger partial charge in [0.1, 0.15) is 12.1 Å². The lowest BCUT2D eigenvalue weighted by Gasteiger charge is -2.08. The Morgan fingerprint density at radius 2 is 2.21 bits per heavy atom. The van der Waals surface area contributed by atoms with E-state index in [1.807, 2.05) is 0 Å². The first-order chi connectivity index (χ1) is 6.86. The molecule has 0 aromatic carbocycles. The molecule has 1 saturated heterocycles. The minimum Gasteiger partial charge on any atom is -0.381 e. The third kappa shape index (κ3) is 1.31. The van der Waals surface area contributed by atoms with Crippen molar-refractivity contribution >= 4 is 21.7 Å². The predicted molar refractivity (Wildman–Crippen MR) is 54.9 cm³/mol. The fourth-order valence-corrected chi connectivity index (χ4v) is 2.37. The van der Waals surface area contributed by atoms with Crippen molar-refractivity contribution in [2.75, 3.05) is 18.5 Å². The van der Waals surface area contributed by atoms with Crippen LogP contribution in [0.2, 0.25) is 0 Å². The van der Waals surface area contributed by atoms with Crippen LogP contribution in [0.4, 0.5) is 5.82 Å². The highest BCUT2D eigenvalue weighted by atomic mass is 79.9. The molecule has 2 heterocycles. The first-order valence-electron chi connectivity index (χ1n) is 4.66. The molecule has 0 radical (unpaired) electrons. The van der Waals surface area contributed by atoms with Crippen molar-refractivity contribution in [3.05, 3.63) is 17.0 Å². The molecule has 1 N–H and O–H groups in total. The van der Waals surface area contributed by atoms with Gasteiger partial charge in [0.15, 0.2) is 0 Å². The number of hydrogen-bond acceptors (Lipinski definition) is 4. The van der Waals surface area contributed by atoms with E-state index in [2.05, 4.69) is 31.2 Å². The summed E-state index contributed by atoms with van der Waals surface area (Å²) in [6.45, 7) is 1.79. The van der Waals surface area contributed by atoms with Gasteiger partial charge < -0.3 is 10.1 Å². The van der Waals surface area contributed by atoms with Gasteiger partial charge in [0.2, 0.25) is 0 Å². The topological polar surface area (TPSA) is 47.0 Å². The lowest BCUT2D eigenvalue weighted by atomic mass is 10.4. The van der Waals surface area contributed by atoms with Crippen molar-refractivity contribution in [3.8, 4) is 0 Å². The second-order valence-corrected chi connectivity index (χ2v) is 4.61. The number of rotatable bonds is 2. The summed E-state index contributed by atoms with van der Waals surface area (Å²) in [5.74, 6) is 2.27. The molecule has 14 heavy (non-hydrogen) atoms. The van der Waals surface area contributed by atoms with Gasteiger partial charge in [-0.2, -0.15) is 0 Å². The number of hydrogen-bond donors (Lipinski definition) is 1. The second-order valence-electron chi connectivity index (χ2n) is 3.75. The smallest absolute Gasteiger partial charge is 0.143 e. The van der Waals surface area contributed by atoms with Gasteiger partial charge in [0, 0.05) is 24.1 Å². The molecule has 1 aromatic heterocycles. The highest BCUT2D eigenvalue weighted by molar-refractivity contribution is 9.10. The molecule has 1 unspecified atom stereocenters. The molecular weight excluding hydrogens is 246 g/mol. The summed E-state index contributed by atoms with van der Waals surface area (Å²) in [4.78, 5) is 8.10. The standard InChI is InChI=1S/C9H10BrN3O/c10-7-1-11-4-12-9(7)13-8-5-2-14-3-6(5)8/h1,4-6,8H,2-3H2,(H,11,12,13)/t5-,6+,8?. The van der Waals surface area contributed by atoms with Crippen molar-refractivity contribution in [3.63, 3.8) is 0 Å². The Kier molecular flexibility index (Phi) is 1.95. The minimum atomic E-state index is 0.551. The van der Waals surface area contributed by atoms with Crippen LogP contribution in [0.3, 0.4) is 0 Å². The van der Waals surface area contributed by atoms with Crippen LogP contribution in [0, 0.1) is 11.8 Å². The van der Waals surface area contributed by atoms with E-state index < -0.39 is 0 Å². The van der Waals surface area contributed by atoms with Crippen LogP contribution in [0.25, 0.3) is 0 Å². The Bertz CT molecular complexity index is 350. The number of halogens is 1. The molecule has 0 bridgehead atoms. The van der Waals surface area contributed by atoms with E-state index in [9.17, 15) is 0 Å². The van der Waals surface area contributed by atoms with E-state index in [-0.39, 0.29) is 0 Å². The molecule has 0 amide bonds. The molecule has 1 aliphatic heterocycles. The van der Waals surface area contributed by atoms with Crippen molar-refractivity contribution < 1.29 is 4.74 Å². The van der Waals surface area contributed by atoms with Crippen LogP contribution in [0.1, 0.15) is 0 Å². The van der Waals surface area contributed by atoms with Crippen LogP contribution in [0.15, 0.2) is 17.0 Å². The number of ether oxygens (including phenoxy) is 1. The second kappa shape index (κ2) is 3.17. The summed E-state index contributed by atoms with van der Waals surface area (Å²) in [7, 11) is 0. The van der Waals surface area contributed by atoms with Crippen LogP contribution in [-0.4, -0.2) is 29.2 Å². The van der Waals surface area contributed by atoms with Crippen LogP contribution in [-0.2, 0) is 4.74 Å². The number of aromatic nitrogens is 2. The van der Waals surface area contributed by atoms with E-state index in [0.717, 1.165) is 23.5 Å². The Balaban J connectivity index is 1.71. The number of fused-ring (bicyclic) bond motifs is 1. The average Bonchev–Trinajstić information content (AvgIpc) is 2.64. The van der Waals surface area contributed by atoms with E-state index in [1.165, 1.54) is 0 Å². The number of nitrogens with zero attached hydrogens (tertiary/aromatic N) is 2. The quantitative estimate of drug-likeness (QED) is 0.866. The molecule has 5 heteroatoms. The Hall–Kier alpha value is -0.680. The molecule has 3 atom stereocenters. The first kappa shape index (κ1) is 8.61. The molecule has 2 fully saturated rings. The highest BCUT2D eigenvalue weighted by Gasteiger charge is 2.54. The van der Waals surface area contributed by atoms with E-state index in [4.69, 9.17) is 4.74 Å².